The lowest BCUT2D eigenvalue weighted by Crippen LogP contribution is -2.47. The largest absolute Gasteiger partial charge is 0.391 e. The lowest BCUT2D eigenvalue weighted by Gasteiger charge is -2.29. The first-order chi connectivity index (χ1) is 10.4. The molecule has 1 aromatic carbocycles. The standard InChI is InChI=1S/C16H21N3O3/c1-9-10(2)13(5-4-12(9)8-17)18-16(22)19-7-6-14(21)15(19)11(3)20/h4-5,11,14-15,20-21H,6-7H2,1-3H3,(H,18,22)/t11-,14?,15+/m0/s1. The summed E-state index contributed by atoms with van der Waals surface area (Å²) in [6.07, 6.45) is -1.06. The zero-order valence-electron chi connectivity index (χ0n) is 13.0. The number of hydrogen-bond donors (Lipinski definition) is 3. The van der Waals surface area contributed by atoms with Gasteiger partial charge in [0.05, 0.1) is 29.9 Å². The highest BCUT2D eigenvalue weighted by Crippen LogP contribution is 2.25. The molecule has 3 atom stereocenters. The van der Waals surface area contributed by atoms with Crippen molar-refractivity contribution in [3.8, 4) is 6.07 Å². The molecule has 6 nitrogen and oxygen atoms in total. The highest BCUT2D eigenvalue weighted by atomic mass is 16.3. The Balaban J connectivity index is 2.20. The molecule has 2 rings (SSSR count). The fourth-order valence-electron chi connectivity index (χ4n) is 2.88. The Bertz CT molecular complexity index is 622. The van der Waals surface area contributed by atoms with E-state index in [4.69, 9.17) is 5.26 Å². The molecule has 1 fully saturated rings. The summed E-state index contributed by atoms with van der Waals surface area (Å²) in [5.41, 5.74) is 2.87. The average Bonchev–Trinajstić information content (AvgIpc) is 2.86. The molecular formula is C16H21N3O3. The molecular weight excluding hydrogens is 282 g/mol. The van der Waals surface area contributed by atoms with Gasteiger partial charge in [-0.05, 0) is 50.5 Å². The van der Waals surface area contributed by atoms with Crippen molar-refractivity contribution in [2.24, 2.45) is 0 Å². The number of rotatable bonds is 2. The number of urea groups is 1. The van der Waals surface area contributed by atoms with Crippen LogP contribution in [0.15, 0.2) is 12.1 Å². The predicted molar refractivity (Wildman–Crippen MR) is 82.4 cm³/mol. The molecule has 118 valence electrons. The molecule has 0 spiro atoms. The van der Waals surface area contributed by atoms with Gasteiger partial charge in [-0.15, -0.1) is 0 Å². The Morgan fingerprint density at radius 2 is 2.14 bits per heavy atom. The number of benzene rings is 1. The molecule has 2 amide bonds. The smallest absolute Gasteiger partial charge is 0.322 e. The molecule has 6 heteroatoms. The van der Waals surface area contributed by atoms with Gasteiger partial charge in [0, 0.05) is 12.2 Å². The summed E-state index contributed by atoms with van der Waals surface area (Å²) in [5, 5.41) is 31.5. The average molecular weight is 303 g/mol. The quantitative estimate of drug-likeness (QED) is 0.771. The van der Waals surface area contributed by atoms with Crippen LogP contribution in [0.1, 0.15) is 30.0 Å². The van der Waals surface area contributed by atoms with Gasteiger partial charge in [0.15, 0.2) is 0 Å². The molecule has 1 aliphatic rings. The summed E-state index contributed by atoms with van der Waals surface area (Å²) in [4.78, 5) is 13.9. The number of aliphatic hydroxyl groups excluding tert-OH is 2. The van der Waals surface area contributed by atoms with Crippen LogP contribution in [0.5, 0.6) is 0 Å². The third-order valence-corrected chi connectivity index (χ3v) is 4.32. The zero-order valence-corrected chi connectivity index (χ0v) is 13.0. The van der Waals surface area contributed by atoms with Crippen LogP contribution in [0.25, 0.3) is 0 Å². The zero-order chi connectivity index (χ0) is 16.4. The Hall–Kier alpha value is -2.10. The molecule has 1 saturated heterocycles. The third-order valence-electron chi connectivity index (χ3n) is 4.32. The second kappa shape index (κ2) is 6.34. The van der Waals surface area contributed by atoms with Crippen molar-refractivity contribution in [1.82, 2.24) is 4.90 Å². The Morgan fingerprint density at radius 3 is 2.73 bits per heavy atom. The van der Waals surface area contributed by atoms with Gasteiger partial charge in [0.1, 0.15) is 0 Å². The Kier molecular flexibility index (Phi) is 4.69. The predicted octanol–water partition coefficient (Wildman–Crippen LogP) is 1.52. The van der Waals surface area contributed by atoms with E-state index in [1.54, 1.807) is 19.1 Å². The van der Waals surface area contributed by atoms with Crippen molar-refractivity contribution >= 4 is 11.7 Å². The van der Waals surface area contributed by atoms with Crippen LogP contribution < -0.4 is 5.32 Å². The van der Waals surface area contributed by atoms with E-state index < -0.39 is 18.2 Å². The van der Waals surface area contributed by atoms with E-state index in [-0.39, 0.29) is 6.03 Å². The number of hydrogen-bond acceptors (Lipinski definition) is 4. The molecule has 1 aliphatic heterocycles. The van der Waals surface area contributed by atoms with Gasteiger partial charge < -0.3 is 20.4 Å². The van der Waals surface area contributed by atoms with Gasteiger partial charge in [0.2, 0.25) is 0 Å². The maximum atomic E-state index is 12.4. The minimum Gasteiger partial charge on any atom is -0.391 e. The summed E-state index contributed by atoms with van der Waals surface area (Å²) in [6, 6.07) is 4.53. The molecule has 0 radical (unpaired) electrons. The first kappa shape index (κ1) is 16.3. The van der Waals surface area contributed by atoms with Crippen molar-refractivity contribution in [2.45, 2.75) is 45.4 Å². The monoisotopic (exact) mass is 303 g/mol. The normalized spacial score (nSPS) is 22.3. The van der Waals surface area contributed by atoms with Crippen molar-refractivity contribution < 1.29 is 15.0 Å². The molecule has 0 bridgehead atoms. The second-order valence-corrected chi connectivity index (χ2v) is 5.73. The first-order valence-corrected chi connectivity index (χ1v) is 7.31. The molecule has 0 saturated carbocycles. The number of carbonyl (C=O) groups excluding carboxylic acids is 1. The molecule has 22 heavy (non-hydrogen) atoms. The summed E-state index contributed by atoms with van der Waals surface area (Å²) in [7, 11) is 0. The SMILES string of the molecule is Cc1c(C#N)ccc(NC(=O)N2CCC(O)[C@H]2[C@H](C)O)c1C. The van der Waals surface area contributed by atoms with E-state index in [0.717, 1.165) is 11.1 Å². The molecule has 0 aliphatic carbocycles. The van der Waals surface area contributed by atoms with Crippen LogP contribution in [0.2, 0.25) is 0 Å². The molecule has 1 aromatic rings. The Morgan fingerprint density at radius 1 is 1.45 bits per heavy atom. The number of amides is 2. The van der Waals surface area contributed by atoms with Gasteiger partial charge in [0.25, 0.3) is 0 Å². The summed E-state index contributed by atoms with van der Waals surface area (Å²) in [6.45, 7) is 5.64. The number of anilines is 1. The third kappa shape index (κ3) is 2.91. The number of nitrogens with one attached hydrogen (secondary N) is 1. The van der Waals surface area contributed by atoms with E-state index in [2.05, 4.69) is 11.4 Å². The fraction of sp³-hybridized carbons (Fsp3) is 0.500. The summed E-state index contributed by atoms with van der Waals surface area (Å²) in [5.74, 6) is 0. The van der Waals surface area contributed by atoms with Crippen LogP contribution >= 0.6 is 0 Å². The lowest BCUT2D eigenvalue weighted by atomic mass is 10.0. The Labute approximate surface area is 130 Å². The minimum absolute atomic E-state index is 0.352. The highest BCUT2D eigenvalue weighted by molar-refractivity contribution is 5.91. The number of carbonyl (C=O) groups is 1. The van der Waals surface area contributed by atoms with Crippen LogP contribution in [-0.4, -0.2) is 45.9 Å². The van der Waals surface area contributed by atoms with E-state index >= 15 is 0 Å². The number of likely N-dealkylation sites (tertiary alicyclic amines) is 1. The highest BCUT2D eigenvalue weighted by Gasteiger charge is 2.39. The molecule has 1 unspecified atom stereocenters. The van der Waals surface area contributed by atoms with Crippen molar-refractivity contribution in [3.63, 3.8) is 0 Å². The minimum atomic E-state index is -0.799. The van der Waals surface area contributed by atoms with Gasteiger partial charge in [-0.1, -0.05) is 0 Å². The molecule has 1 heterocycles. The van der Waals surface area contributed by atoms with E-state index in [9.17, 15) is 15.0 Å². The van der Waals surface area contributed by atoms with Crippen LogP contribution in [0.3, 0.4) is 0 Å². The van der Waals surface area contributed by atoms with E-state index in [1.807, 2.05) is 13.8 Å². The van der Waals surface area contributed by atoms with Crippen molar-refractivity contribution in [3.05, 3.63) is 28.8 Å². The van der Waals surface area contributed by atoms with Gasteiger partial charge in [-0.2, -0.15) is 5.26 Å². The molecule has 3 N–H and O–H groups in total. The number of aliphatic hydroxyl groups is 2. The molecule has 0 aromatic heterocycles. The van der Waals surface area contributed by atoms with Crippen LogP contribution in [0, 0.1) is 25.2 Å². The van der Waals surface area contributed by atoms with Crippen molar-refractivity contribution in [2.75, 3.05) is 11.9 Å². The van der Waals surface area contributed by atoms with Crippen molar-refractivity contribution in [1.29, 1.82) is 5.26 Å². The van der Waals surface area contributed by atoms with E-state index in [0.29, 0.717) is 24.2 Å². The maximum absolute atomic E-state index is 12.4. The van der Waals surface area contributed by atoms with Gasteiger partial charge in [-0.3, -0.25) is 0 Å². The fourth-order valence-corrected chi connectivity index (χ4v) is 2.88. The topological polar surface area (TPSA) is 96.6 Å². The lowest BCUT2D eigenvalue weighted by molar-refractivity contribution is 0.0387. The number of nitrogens with zero attached hydrogens (tertiary/aromatic N) is 2. The first-order valence-electron chi connectivity index (χ1n) is 7.31. The second-order valence-electron chi connectivity index (χ2n) is 5.73. The van der Waals surface area contributed by atoms with Crippen LogP contribution in [-0.2, 0) is 0 Å². The van der Waals surface area contributed by atoms with Gasteiger partial charge >= 0.3 is 6.03 Å². The summed E-state index contributed by atoms with van der Waals surface area (Å²) < 4.78 is 0. The van der Waals surface area contributed by atoms with E-state index in [1.165, 1.54) is 4.90 Å². The van der Waals surface area contributed by atoms with Crippen LogP contribution in [0.4, 0.5) is 10.5 Å². The van der Waals surface area contributed by atoms with Gasteiger partial charge in [-0.25, -0.2) is 4.79 Å². The summed E-state index contributed by atoms with van der Waals surface area (Å²) >= 11 is 0. The number of nitriles is 1. The maximum Gasteiger partial charge on any atom is 0.322 e.